The number of methoxy groups -OCH3 is 1. The molecule has 0 saturated carbocycles. The topological polar surface area (TPSA) is 64.9 Å². The van der Waals surface area contributed by atoms with Crippen LogP contribution in [-0.4, -0.2) is 27.3 Å². The van der Waals surface area contributed by atoms with Gasteiger partial charge in [-0.25, -0.2) is 0 Å². The van der Waals surface area contributed by atoms with Gasteiger partial charge in [-0.1, -0.05) is 28.8 Å². The predicted molar refractivity (Wildman–Crippen MR) is 92.0 cm³/mol. The number of allylic oxidation sites excluding steroid dienone is 1. The molecule has 24 heavy (non-hydrogen) atoms. The van der Waals surface area contributed by atoms with Crippen LogP contribution in [0.3, 0.4) is 0 Å². The van der Waals surface area contributed by atoms with Crippen LogP contribution in [0.15, 0.2) is 54.6 Å². The van der Waals surface area contributed by atoms with Crippen molar-refractivity contribution < 1.29 is 4.74 Å². The molecule has 2 aromatic carbocycles. The van der Waals surface area contributed by atoms with E-state index in [1.165, 1.54) is 0 Å². The van der Waals surface area contributed by atoms with Crippen molar-refractivity contribution in [2.45, 2.75) is 6.04 Å². The quantitative estimate of drug-likeness (QED) is 0.792. The number of rotatable bonds is 3. The monoisotopic (exact) mass is 339 g/mol. The molecule has 1 atom stereocenters. The Kier molecular flexibility index (Phi) is 3.66. The molecule has 4 rings (SSSR count). The Labute approximate surface area is 143 Å². The fraction of sp³-hybridized carbons (Fsp3) is 0.118. The lowest BCUT2D eigenvalue weighted by atomic mass is 10.0. The van der Waals surface area contributed by atoms with Crippen molar-refractivity contribution in [1.82, 2.24) is 20.2 Å². The third kappa shape index (κ3) is 2.61. The molecule has 1 aromatic heterocycles. The van der Waals surface area contributed by atoms with Crippen LogP contribution < -0.4 is 10.1 Å². The van der Waals surface area contributed by atoms with Crippen LogP contribution in [0.1, 0.15) is 17.2 Å². The Morgan fingerprint density at radius 1 is 1.08 bits per heavy atom. The zero-order valence-electron chi connectivity index (χ0n) is 12.8. The molecule has 120 valence electrons. The average Bonchev–Trinajstić information content (AvgIpc) is 3.10. The maximum Gasteiger partial charge on any atom is 0.248 e. The second-order valence-corrected chi connectivity index (χ2v) is 5.81. The summed E-state index contributed by atoms with van der Waals surface area (Å²) in [5.41, 5.74) is 3.03. The van der Waals surface area contributed by atoms with Crippen molar-refractivity contribution in [2.24, 2.45) is 0 Å². The molecule has 2 heterocycles. The highest BCUT2D eigenvalue weighted by Crippen LogP contribution is 2.32. The van der Waals surface area contributed by atoms with Crippen LogP contribution in [0.2, 0.25) is 5.02 Å². The number of hydrogen-bond donors (Lipinski definition) is 1. The highest BCUT2D eigenvalue weighted by molar-refractivity contribution is 6.30. The Hall–Kier alpha value is -2.86. The van der Waals surface area contributed by atoms with Gasteiger partial charge in [0.25, 0.3) is 0 Å². The number of nitrogens with zero attached hydrogens (tertiary/aromatic N) is 4. The number of tetrazole rings is 1. The highest BCUT2D eigenvalue weighted by atomic mass is 35.5. The minimum Gasteiger partial charge on any atom is -0.497 e. The van der Waals surface area contributed by atoms with Gasteiger partial charge in [0.05, 0.1) is 7.11 Å². The molecular weight excluding hydrogens is 326 g/mol. The number of anilines is 1. The third-order valence-corrected chi connectivity index (χ3v) is 4.19. The summed E-state index contributed by atoms with van der Waals surface area (Å²) in [5, 5.41) is 15.9. The van der Waals surface area contributed by atoms with E-state index in [9.17, 15) is 0 Å². The Bertz CT molecular complexity index is 886. The van der Waals surface area contributed by atoms with E-state index < -0.39 is 0 Å². The smallest absolute Gasteiger partial charge is 0.248 e. The van der Waals surface area contributed by atoms with E-state index in [0.29, 0.717) is 11.0 Å². The van der Waals surface area contributed by atoms with Crippen molar-refractivity contribution in [3.63, 3.8) is 0 Å². The zero-order chi connectivity index (χ0) is 16.5. The summed E-state index contributed by atoms with van der Waals surface area (Å²) in [6.07, 6.45) is 2.09. The van der Waals surface area contributed by atoms with Gasteiger partial charge in [0.1, 0.15) is 11.8 Å². The van der Waals surface area contributed by atoms with E-state index >= 15 is 0 Å². The summed E-state index contributed by atoms with van der Waals surface area (Å²) in [4.78, 5) is 0. The first-order valence-corrected chi connectivity index (χ1v) is 7.79. The summed E-state index contributed by atoms with van der Waals surface area (Å²) in [6.45, 7) is 0. The number of nitrogens with one attached hydrogen (secondary N) is 1. The molecule has 0 fully saturated rings. The van der Waals surface area contributed by atoms with E-state index in [1.807, 2.05) is 48.5 Å². The largest absolute Gasteiger partial charge is 0.497 e. The molecule has 0 unspecified atom stereocenters. The van der Waals surface area contributed by atoms with E-state index in [1.54, 1.807) is 11.8 Å². The molecule has 0 bridgehead atoms. The molecule has 1 N–H and O–H groups in total. The molecule has 6 nitrogen and oxygen atoms in total. The molecular formula is C17H14ClN5O. The second-order valence-electron chi connectivity index (χ2n) is 5.38. The molecule has 1 aliphatic rings. The third-order valence-electron chi connectivity index (χ3n) is 3.94. The van der Waals surface area contributed by atoms with Crippen LogP contribution in [0.25, 0.3) is 5.70 Å². The zero-order valence-corrected chi connectivity index (χ0v) is 13.6. The predicted octanol–water partition coefficient (Wildman–Crippen LogP) is 3.39. The number of aromatic nitrogens is 4. The van der Waals surface area contributed by atoms with Crippen LogP contribution in [0, 0.1) is 0 Å². The summed E-state index contributed by atoms with van der Waals surface area (Å²) in [7, 11) is 1.65. The van der Waals surface area contributed by atoms with E-state index in [0.717, 1.165) is 22.6 Å². The molecule has 0 aliphatic carbocycles. The van der Waals surface area contributed by atoms with Crippen LogP contribution in [-0.2, 0) is 0 Å². The van der Waals surface area contributed by atoms with Gasteiger partial charge in [0.2, 0.25) is 5.95 Å². The minimum atomic E-state index is -0.106. The van der Waals surface area contributed by atoms with Gasteiger partial charge in [0, 0.05) is 10.7 Å². The maximum atomic E-state index is 6.00. The number of halogens is 1. The van der Waals surface area contributed by atoms with E-state index in [4.69, 9.17) is 16.3 Å². The summed E-state index contributed by atoms with van der Waals surface area (Å²) in [5.74, 6) is 1.41. The van der Waals surface area contributed by atoms with Gasteiger partial charge in [-0.2, -0.15) is 4.68 Å². The Morgan fingerprint density at radius 3 is 2.54 bits per heavy atom. The SMILES string of the molecule is COc1ccc(C2=C[C@@H](c3ccc(Cl)cc3)n3nnnc3N2)cc1. The molecule has 1 aliphatic heterocycles. The first kappa shape index (κ1) is 14.7. The first-order chi connectivity index (χ1) is 11.7. The number of fused-ring (bicyclic) bond motifs is 1. The van der Waals surface area contributed by atoms with Crippen LogP contribution in [0.4, 0.5) is 5.95 Å². The standard InChI is InChI=1S/C17H14ClN5O/c1-24-14-8-4-11(5-9-14)15-10-16(12-2-6-13(18)7-3-12)23-17(19-15)20-21-22-23/h2-10,16H,1H3,(H,19,20,22)/t16-/m0/s1. The van der Waals surface area contributed by atoms with Crippen LogP contribution >= 0.6 is 11.6 Å². The molecule has 0 spiro atoms. The van der Waals surface area contributed by atoms with Crippen molar-refractivity contribution in [1.29, 1.82) is 0 Å². The van der Waals surface area contributed by atoms with Gasteiger partial charge in [0.15, 0.2) is 0 Å². The number of benzene rings is 2. The lowest BCUT2D eigenvalue weighted by Crippen LogP contribution is -2.20. The van der Waals surface area contributed by atoms with Gasteiger partial charge in [-0.3, -0.25) is 0 Å². The van der Waals surface area contributed by atoms with E-state index in [2.05, 4.69) is 26.9 Å². The van der Waals surface area contributed by atoms with Crippen molar-refractivity contribution in [3.05, 3.63) is 70.8 Å². The fourth-order valence-electron chi connectivity index (χ4n) is 2.69. The average molecular weight is 340 g/mol. The normalized spacial score (nSPS) is 16.1. The number of hydrogen-bond acceptors (Lipinski definition) is 5. The lowest BCUT2D eigenvalue weighted by Gasteiger charge is -2.23. The van der Waals surface area contributed by atoms with Crippen molar-refractivity contribution >= 4 is 23.2 Å². The fourth-order valence-corrected chi connectivity index (χ4v) is 2.82. The Morgan fingerprint density at radius 2 is 1.83 bits per heavy atom. The second kappa shape index (κ2) is 5.98. The van der Waals surface area contributed by atoms with Crippen LogP contribution in [0.5, 0.6) is 5.75 Å². The van der Waals surface area contributed by atoms with Crippen molar-refractivity contribution in [3.8, 4) is 5.75 Å². The first-order valence-electron chi connectivity index (χ1n) is 7.41. The summed E-state index contributed by atoms with van der Waals surface area (Å²) < 4.78 is 6.96. The number of ether oxygens (including phenoxy) is 1. The molecule has 0 radical (unpaired) electrons. The maximum absolute atomic E-state index is 6.00. The van der Waals surface area contributed by atoms with Gasteiger partial charge in [-0.15, -0.1) is 0 Å². The highest BCUT2D eigenvalue weighted by Gasteiger charge is 2.24. The van der Waals surface area contributed by atoms with Gasteiger partial charge < -0.3 is 10.1 Å². The van der Waals surface area contributed by atoms with Crippen molar-refractivity contribution in [2.75, 3.05) is 12.4 Å². The molecule has 3 aromatic rings. The summed E-state index contributed by atoms with van der Waals surface area (Å²) >= 11 is 6.00. The molecule has 7 heteroatoms. The Balaban J connectivity index is 1.76. The lowest BCUT2D eigenvalue weighted by molar-refractivity contribution is 0.415. The van der Waals surface area contributed by atoms with E-state index in [-0.39, 0.29) is 6.04 Å². The minimum absolute atomic E-state index is 0.106. The molecule has 0 saturated heterocycles. The van der Waals surface area contributed by atoms with Gasteiger partial charge in [-0.05, 0) is 64.0 Å². The molecule has 0 amide bonds. The summed E-state index contributed by atoms with van der Waals surface area (Å²) in [6, 6.07) is 15.4. The van der Waals surface area contributed by atoms with Gasteiger partial charge >= 0.3 is 0 Å².